The van der Waals surface area contributed by atoms with Gasteiger partial charge >= 0.3 is 0 Å². The lowest BCUT2D eigenvalue weighted by Gasteiger charge is -2.32. The minimum atomic E-state index is 0.197. The molecule has 112 valence electrons. The summed E-state index contributed by atoms with van der Waals surface area (Å²) in [6.45, 7) is 3.39. The van der Waals surface area contributed by atoms with Gasteiger partial charge < -0.3 is 9.73 Å². The van der Waals surface area contributed by atoms with Crippen LogP contribution in [0.1, 0.15) is 30.2 Å². The van der Waals surface area contributed by atoms with E-state index in [0.717, 1.165) is 24.8 Å². The molecule has 1 aromatic carbocycles. The maximum Gasteiger partial charge on any atom is 0.125 e. The van der Waals surface area contributed by atoms with Crippen molar-refractivity contribution >= 4 is 0 Å². The van der Waals surface area contributed by atoms with Crippen LogP contribution in [-0.4, -0.2) is 31.6 Å². The summed E-state index contributed by atoms with van der Waals surface area (Å²) in [6, 6.07) is 14.9. The van der Waals surface area contributed by atoms with E-state index in [2.05, 4.69) is 53.7 Å². The Bertz CT molecular complexity index is 517. The molecule has 2 aromatic rings. The van der Waals surface area contributed by atoms with Crippen molar-refractivity contribution in [3.63, 3.8) is 0 Å². The van der Waals surface area contributed by atoms with Crippen molar-refractivity contribution in [3.8, 4) is 0 Å². The van der Waals surface area contributed by atoms with E-state index in [1.54, 1.807) is 6.26 Å². The van der Waals surface area contributed by atoms with E-state index < -0.39 is 0 Å². The van der Waals surface area contributed by atoms with Gasteiger partial charge in [0.15, 0.2) is 0 Å². The van der Waals surface area contributed by atoms with E-state index in [9.17, 15) is 0 Å². The van der Waals surface area contributed by atoms with Gasteiger partial charge in [-0.3, -0.25) is 4.90 Å². The fourth-order valence-electron chi connectivity index (χ4n) is 3.31. The number of furan rings is 1. The highest BCUT2D eigenvalue weighted by Gasteiger charge is 2.24. The maximum atomic E-state index is 5.70. The molecular weight excluding hydrogens is 260 g/mol. The van der Waals surface area contributed by atoms with E-state index in [-0.39, 0.29) is 6.04 Å². The first kappa shape index (κ1) is 14.4. The SMILES string of the molecule is CN(CC1CCCNC1)C(c1ccccc1)c1ccco1. The molecule has 3 rings (SSSR count). The Labute approximate surface area is 127 Å². The van der Waals surface area contributed by atoms with Crippen LogP contribution in [0.5, 0.6) is 0 Å². The van der Waals surface area contributed by atoms with E-state index in [4.69, 9.17) is 4.42 Å². The molecular formula is C18H24N2O. The summed E-state index contributed by atoms with van der Waals surface area (Å²) in [4.78, 5) is 2.42. The molecule has 0 spiro atoms. The smallest absolute Gasteiger partial charge is 0.125 e. The van der Waals surface area contributed by atoms with Gasteiger partial charge in [-0.05, 0) is 56.6 Å². The van der Waals surface area contributed by atoms with E-state index in [1.807, 2.05) is 6.07 Å². The first-order valence-electron chi connectivity index (χ1n) is 7.84. The maximum absolute atomic E-state index is 5.70. The standard InChI is InChI=1S/C18H24N2O/c1-20(14-15-7-5-11-19-13-15)18(17-10-6-12-21-17)16-8-3-2-4-9-16/h2-4,6,8-10,12,15,18-19H,5,7,11,13-14H2,1H3. The minimum absolute atomic E-state index is 0.197. The summed E-state index contributed by atoms with van der Waals surface area (Å²) >= 11 is 0. The van der Waals surface area contributed by atoms with E-state index in [1.165, 1.54) is 24.9 Å². The van der Waals surface area contributed by atoms with Crippen LogP contribution in [0.2, 0.25) is 0 Å². The average molecular weight is 284 g/mol. The van der Waals surface area contributed by atoms with Gasteiger partial charge in [-0.15, -0.1) is 0 Å². The van der Waals surface area contributed by atoms with Crippen molar-refractivity contribution in [1.82, 2.24) is 10.2 Å². The molecule has 1 fully saturated rings. The fraction of sp³-hybridized carbons (Fsp3) is 0.444. The Morgan fingerprint density at radius 1 is 1.24 bits per heavy atom. The van der Waals surface area contributed by atoms with Crippen molar-refractivity contribution in [2.75, 3.05) is 26.7 Å². The monoisotopic (exact) mass is 284 g/mol. The number of hydrogen-bond donors (Lipinski definition) is 1. The molecule has 1 saturated heterocycles. The first-order chi connectivity index (χ1) is 10.3. The Kier molecular flexibility index (Phi) is 4.73. The van der Waals surface area contributed by atoms with Crippen LogP contribution in [0.15, 0.2) is 53.1 Å². The van der Waals surface area contributed by atoms with Crippen LogP contribution >= 0.6 is 0 Å². The normalized spacial score (nSPS) is 20.6. The van der Waals surface area contributed by atoms with Gasteiger partial charge in [-0.2, -0.15) is 0 Å². The first-order valence-corrected chi connectivity index (χ1v) is 7.84. The lowest BCUT2D eigenvalue weighted by molar-refractivity contribution is 0.194. The Hall–Kier alpha value is -1.58. The van der Waals surface area contributed by atoms with E-state index in [0.29, 0.717) is 0 Å². The number of rotatable bonds is 5. The molecule has 3 heteroatoms. The Balaban J connectivity index is 1.78. The van der Waals surface area contributed by atoms with E-state index >= 15 is 0 Å². The third kappa shape index (κ3) is 3.55. The second-order valence-corrected chi connectivity index (χ2v) is 5.98. The summed E-state index contributed by atoms with van der Waals surface area (Å²) in [5.74, 6) is 1.75. The molecule has 3 nitrogen and oxygen atoms in total. The van der Waals surface area contributed by atoms with Crippen LogP contribution < -0.4 is 5.32 Å². The van der Waals surface area contributed by atoms with Gasteiger partial charge in [0, 0.05) is 6.54 Å². The second-order valence-electron chi connectivity index (χ2n) is 5.98. The quantitative estimate of drug-likeness (QED) is 0.913. The number of nitrogens with zero attached hydrogens (tertiary/aromatic N) is 1. The lowest BCUT2D eigenvalue weighted by atomic mass is 9.96. The molecule has 0 radical (unpaired) electrons. The molecule has 1 aliphatic heterocycles. The molecule has 2 heterocycles. The Morgan fingerprint density at radius 3 is 2.76 bits per heavy atom. The van der Waals surface area contributed by atoms with Crippen LogP contribution in [0.4, 0.5) is 0 Å². The highest BCUT2D eigenvalue weighted by molar-refractivity contribution is 5.26. The molecule has 1 aromatic heterocycles. The van der Waals surface area contributed by atoms with Crippen molar-refractivity contribution in [3.05, 3.63) is 60.1 Å². The fourth-order valence-corrected chi connectivity index (χ4v) is 3.31. The topological polar surface area (TPSA) is 28.4 Å². The number of piperidine rings is 1. The highest BCUT2D eigenvalue weighted by Crippen LogP contribution is 2.29. The van der Waals surface area contributed by atoms with Crippen LogP contribution in [0.25, 0.3) is 0 Å². The zero-order chi connectivity index (χ0) is 14.5. The molecule has 2 atom stereocenters. The number of nitrogens with one attached hydrogen (secondary N) is 1. The molecule has 21 heavy (non-hydrogen) atoms. The predicted octanol–water partition coefficient (Wildman–Crippen LogP) is 3.30. The molecule has 2 unspecified atom stereocenters. The third-order valence-electron chi connectivity index (χ3n) is 4.31. The largest absolute Gasteiger partial charge is 0.467 e. The average Bonchev–Trinajstić information content (AvgIpc) is 3.03. The molecule has 1 aliphatic rings. The molecule has 0 amide bonds. The van der Waals surface area contributed by atoms with Gasteiger partial charge in [-0.1, -0.05) is 30.3 Å². The summed E-state index contributed by atoms with van der Waals surface area (Å²) in [6.07, 6.45) is 4.37. The summed E-state index contributed by atoms with van der Waals surface area (Å²) in [7, 11) is 2.20. The van der Waals surface area contributed by atoms with Gasteiger partial charge in [0.25, 0.3) is 0 Å². The third-order valence-corrected chi connectivity index (χ3v) is 4.31. The second kappa shape index (κ2) is 6.92. The number of benzene rings is 1. The van der Waals surface area contributed by atoms with Crippen molar-refractivity contribution in [2.45, 2.75) is 18.9 Å². The predicted molar refractivity (Wildman–Crippen MR) is 85.2 cm³/mol. The lowest BCUT2D eigenvalue weighted by Crippen LogP contribution is -2.38. The summed E-state index contributed by atoms with van der Waals surface area (Å²) < 4.78 is 5.70. The Morgan fingerprint density at radius 2 is 2.10 bits per heavy atom. The molecule has 0 saturated carbocycles. The van der Waals surface area contributed by atoms with Gasteiger partial charge in [0.05, 0.1) is 12.3 Å². The van der Waals surface area contributed by atoms with Gasteiger partial charge in [0.2, 0.25) is 0 Å². The highest BCUT2D eigenvalue weighted by atomic mass is 16.3. The van der Waals surface area contributed by atoms with Crippen molar-refractivity contribution in [2.24, 2.45) is 5.92 Å². The van der Waals surface area contributed by atoms with Gasteiger partial charge in [-0.25, -0.2) is 0 Å². The number of hydrogen-bond acceptors (Lipinski definition) is 3. The molecule has 1 N–H and O–H groups in total. The summed E-state index contributed by atoms with van der Waals surface area (Å²) in [5, 5.41) is 3.50. The van der Waals surface area contributed by atoms with Crippen molar-refractivity contribution < 1.29 is 4.42 Å². The van der Waals surface area contributed by atoms with Crippen LogP contribution in [-0.2, 0) is 0 Å². The zero-order valence-corrected chi connectivity index (χ0v) is 12.7. The van der Waals surface area contributed by atoms with Crippen molar-refractivity contribution in [1.29, 1.82) is 0 Å². The summed E-state index contributed by atoms with van der Waals surface area (Å²) in [5.41, 5.74) is 1.29. The molecule has 0 bridgehead atoms. The molecule has 0 aliphatic carbocycles. The zero-order valence-electron chi connectivity index (χ0n) is 12.7. The minimum Gasteiger partial charge on any atom is -0.467 e. The van der Waals surface area contributed by atoms with Gasteiger partial charge in [0.1, 0.15) is 5.76 Å². The van der Waals surface area contributed by atoms with Crippen LogP contribution in [0.3, 0.4) is 0 Å². The van der Waals surface area contributed by atoms with Crippen LogP contribution in [0, 0.1) is 5.92 Å².